The van der Waals surface area contributed by atoms with Crippen molar-refractivity contribution >= 4 is 17.8 Å². The van der Waals surface area contributed by atoms with E-state index in [9.17, 15) is 14.4 Å². The maximum absolute atomic E-state index is 11.9. The van der Waals surface area contributed by atoms with Gasteiger partial charge >= 0.3 is 5.97 Å². The SMILES string of the molecule is NC(=O)C1CCN(C(=O)C2(C(=O)O)CC2)C1. The molecule has 1 aliphatic carbocycles. The van der Waals surface area contributed by atoms with E-state index in [2.05, 4.69) is 0 Å². The van der Waals surface area contributed by atoms with Crippen LogP contribution in [-0.2, 0) is 14.4 Å². The van der Waals surface area contributed by atoms with Gasteiger partial charge in [-0.1, -0.05) is 0 Å². The fourth-order valence-electron chi connectivity index (χ4n) is 2.12. The van der Waals surface area contributed by atoms with Gasteiger partial charge in [-0.25, -0.2) is 0 Å². The van der Waals surface area contributed by atoms with E-state index in [0.29, 0.717) is 25.8 Å². The lowest BCUT2D eigenvalue weighted by molar-refractivity contribution is -0.152. The molecular weight excluding hydrogens is 212 g/mol. The second kappa shape index (κ2) is 3.47. The van der Waals surface area contributed by atoms with Crippen LogP contribution < -0.4 is 5.73 Å². The zero-order chi connectivity index (χ0) is 11.9. The first kappa shape index (κ1) is 10.9. The maximum atomic E-state index is 11.9. The van der Waals surface area contributed by atoms with Crippen LogP contribution in [0, 0.1) is 11.3 Å². The molecule has 0 aromatic carbocycles. The molecule has 1 atom stereocenters. The van der Waals surface area contributed by atoms with E-state index < -0.39 is 17.3 Å². The highest BCUT2D eigenvalue weighted by Crippen LogP contribution is 2.48. The number of hydrogen-bond acceptors (Lipinski definition) is 3. The number of hydrogen-bond donors (Lipinski definition) is 2. The van der Waals surface area contributed by atoms with Crippen molar-refractivity contribution in [2.24, 2.45) is 17.1 Å². The van der Waals surface area contributed by atoms with Crippen LogP contribution in [0.1, 0.15) is 19.3 Å². The summed E-state index contributed by atoms with van der Waals surface area (Å²) in [6.07, 6.45) is 1.34. The second-order valence-electron chi connectivity index (χ2n) is 4.53. The van der Waals surface area contributed by atoms with E-state index in [-0.39, 0.29) is 18.4 Å². The van der Waals surface area contributed by atoms with E-state index in [0.717, 1.165) is 0 Å². The third-order valence-corrected chi connectivity index (χ3v) is 3.45. The minimum atomic E-state index is -1.20. The monoisotopic (exact) mass is 226 g/mol. The Morgan fingerprint density at radius 3 is 2.31 bits per heavy atom. The van der Waals surface area contributed by atoms with Crippen LogP contribution in [0.5, 0.6) is 0 Å². The van der Waals surface area contributed by atoms with Crippen LogP contribution in [-0.4, -0.2) is 40.9 Å². The Morgan fingerprint density at radius 1 is 1.31 bits per heavy atom. The predicted octanol–water partition coefficient (Wildman–Crippen LogP) is -0.815. The molecule has 16 heavy (non-hydrogen) atoms. The van der Waals surface area contributed by atoms with Crippen molar-refractivity contribution in [1.29, 1.82) is 0 Å². The molecule has 1 unspecified atom stereocenters. The molecule has 88 valence electrons. The summed E-state index contributed by atoms with van der Waals surface area (Å²) in [5, 5.41) is 8.97. The second-order valence-corrected chi connectivity index (χ2v) is 4.53. The Bertz CT molecular complexity index is 362. The molecule has 1 heterocycles. The summed E-state index contributed by atoms with van der Waals surface area (Å²) in [7, 11) is 0. The molecule has 1 saturated heterocycles. The van der Waals surface area contributed by atoms with Gasteiger partial charge in [0, 0.05) is 13.1 Å². The van der Waals surface area contributed by atoms with Crippen molar-refractivity contribution in [3.8, 4) is 0 Å². The molecule has 0 radical (unpaired) electrons. The summed E-state index contributed by atoms with van der Waals surface area (Å²) in [5.74, 6) is -2.16. The van der Waals surface area contributed by atoms with Crippen molar-refractivity contribution in [2.45, 2.75) is 19.3 Å². The average Bonchev–Trinajstić information content (AvgIpc) is 2.88. The number of nitrogens with two attached hydrogens (primary N) is 1. The van der Waals surface area contributed by atoms with E-state index in [1.807, 2.05) is 0 Å². The Labute approximate surface area is 92.4 Å². The van der Waals surface area contributed by atoms with Crippen LogP contribution in [0.2, 0.25) is 0 Å². The van der Waals surface area contributed by atoms with Gasteiger partial charge in [0.15, 0.2) is 0 Å². The number of primary amides is 1. The zero-order valence-electron chi connectivity index (χ0n) is 8.81. The van der Waals surface area contributed by atoms with Crippen molar-refractivity contribution < 1.29 is 19.5 Å². The fourth-order valence-corrected chi connectivity index (χ4v) is 2.12. The number of carbonyl (C=O) groups excluding carboxylic acids is 2. The van der Waals surface area contributed by atoms with Crippen LogP contribution >= 0.6 is 0 Å². The molecule has 0 bridgehead atoms. The average molecular weight is 226 g/mol. The van der Waals surface area contributed by atoms with Gasteiger partial charge in [-0.05, 0) is 19.3 Å². The molecule has 0 aromatic rings. The van der Waals surface area contributed by atoms with Crippen molar-refractivity contribution in [3.05, 3.63) is 0 Å². The zero-order valence-corrected chi connectivity index (χ0v) is 8.81. The van der Waals surface area contributed by atoms with Crippen LogP contribution in [0.15, 0.2) is 0 Å². The minimum Gasteiger partial charge on any atom is -0.480 e. The van der Waals surface area contributed by atoms with Gasteiger partial charge in [0.05, 0.1) is 5.92 Å². The molecule has 2 aliphatic rings. The fraction of sp³-hybridized carbons (Fsp3) is 0.700. The van der Waals surface area contributed by atoms with Crippen molar-refractivity contribution in [1.82, 2.24) is 4.90 Å². The first-order valence-corrected chi connectivity index (χ1v) is 5.29. The Morgan fingerprint density at radius 2 is 1.94 bits per heavy atom. The summed E-state index contributed by atoms with van der Waals surface area (Å²) in [5.41, 5.74) is 3.95. The van der Waals surface area contributed by atoms with Crippen LogP contribution in [0.25, 0.3) is 0 Å². The summed E-state index contributed by atoms with van der Waals surface area (Å²) >= 11 is 0. The third kappa shape index (κ3) is 1.54. The van der Waals surface area contributed by atoms with Gasteiger partial charge < -0.3 is 15.7 Å². The van der Waals surface area contributed by atoms with E-state index in [4.69, 9.17) is 10.8 Å². The number of rotatable bonds is 3. The summed E-state index contributed by atoms with van der Waals surface area (Å²) in [4.78, 5) is 35.3. The van der Waals surface area contributed by atoms with Gasteiger partial charge in [-0.15, -0.1) is 0 Å². The van der Waals surface area contributed by atoms with Gasteiger partial charge in [-0.3, -0.25) is 14.4 Å². The van der Waals surface area contributed by atoms with Crippen LogP contribution in [0.4, 0.5) is 0 Å². The maximum Gasteiger partial charge on any atom is 0.319 e. The highest BCUT2D eigenvalue weighted by Gasteiger charge is 2.59. The van der Waals surface area contributed by atoms with Gasteiger partial charge in [0.25, 0.3) is 0 Å². The predicted molar refractivity (Wildman–Crippen MR) is 53.2 cm³/mol. The number of carboxylic acid groups (broad SMARTS) is 1. The van der Waals surface area contributed by atoms with Crippen molar-refractivity contribution in [3.63, 3.8) is 0 Å². The molecule has 6 heteroatoms. The smallest absolute Gasteiger partial charge is 0.319 e. The Kier molecular flexibility index (Phi) is 2.36. The lowest BCUT2D eigenvalue weighted by Crippen LogP contribution is -2.40. The molecule has 3 N–H and O–H groups in total. The molecule has 2 fully saturated rings. The molecule has 6 nitrogen and oxygen atoms in total. The molecule has 2 amide bonds. The first-order chi connectivity index (χ1) is 7.47. The first-order valence-electron chi connectivity index (χ1n) is 5.29. The number of amides is 2. The van der Waals surface area contributed by atoms with Crippen molar-refractivity contribution in [2.75, 3.05) is 13.1 Å². The van der Waals surface area contributed by atoms with E-state index in [1.54, 1.807) is 0 Å². The summed E-state index contributed by atoms with van der Waals surface area (Å²) in [6, 6.07) is 0. The highest BCUT2D eigenvalue weighted by molar-refractivity contribution is 6.05. The Balaban J connectivity index is 2.03. The van der Waals surface area contributed by atoms with Gasteiger partial charge in [0.2, 0.25) is 11.8 Å². The van der Waals surface area contributed by atoms with E-state index in [1.165, 1.54) is 4.90 Å². The van der Waals surface area contributed by atoms with Crippen LogP contribution in [0.3, 0.4) is 0 Å². The number of likely N-dealkylation sites (tertiary alicyclic amines) is 1. The summed E-state index contributed by atoms with van der Waals surface area (Å²) in [6.45, 7) is 0.699. The number of carboxylic acids is 1. The standard InChI is InChI=1S/C10H14N2O4/c11-7(13)6-1-4-12(5-6)8(14)10(2-3-10)9(15)16/h6H,1-5H2,(H2,11,13)(H,15,16). The minimum absolute atomic E-state index is 0.267. The molecule has 2 rings (SSSR count). The van der Waals surface area contributed by atoms with Gasteiger partial charge in [-0.2, -0.15) is 0 Å². The highest BCUT2D eigenvalue weighted by atomic mass is 16.4. The molecular formula is C10H14N2O4. The molecule has 1 saturated carbocycles. The Hall–Kier alpha value is -1.59. The van der Waals surface area contributed by atoms with Gasteiger partial charge in [0.1, 0.15) is 5.41 Å². The number of carbonyl (C=O) groups is 3. The molecule has 0 spiro atoms. The molecule has 1 aliphatic heterocycles. The lowest BCUT2D eigenvalue weighted by atomic mass is 10.1. The number of nitrogens with zero attached hydrogens (tertiary/aromatic N) is 1. The quantitative estimate of drug-likeness (QED) is 0.614. The lowest BCUT2D eigenvalue weighted by Gasteiger charge is -2.20. The van der Waals surface area contributed by atoms with E-state index >= 15 is 0 Å². The largest absolute Gasteiger partial charge is 0.480 e. The third-order valence-electron chi connectivity index (χ3n) is 3.45. The number of aliphatic carboxylic acids is 1. The molecule has 0 aromatic heterocycles. The topological polar surface area (TPSA) is 101 Å². The summed E-state index contributed by atoms with van der Waals surface area (Å²) < 4.78 is 0. The normalized spacial score (nSPS) is 26.5.